The molecule has 0 fully saturated rings. The Morgan fingerprint density at radius 1 is 1.25 bits per heavy atom. The summed E-state index contributed by atoms with van der Waals surface area (Å²) in [4.78, 5) is 9.09. The van der Waals surface area contributed by atoms with E-state index < -0.39 is 0 Å². The van der Waals surface area contributed by atoms with E-state index in [4.69, 9.17) is 4.74 Å². The predicted molar refractivity (Wildman–Crippen MR) is 86.3 cm³/mol. The molecule has 5 heteroatoms. The van der Waals surface area contributed by atoms with E-state index in [0.717, 1.165) is 29.6 Å². The Kier molecular flexibility index (Phi) is 7.92. The van der Waals surface area contributed by atoms with Gasteiger partial charge >= 0.3 is 0 Å². The van der Waals surface area contributed by atoms with Crippen LogP contribution in [0, 0.1) is 5.92 Å². The Balaban J connectivity index is 2.84. The Hall–Kier alpha value is -0.810. The maximum atomic E-state index is 5.42. The van der Waals surface area contributed by atoms with Gasteiger partial charge in [-0.2, -0.15) is 0 Å². The number of anilines is 1. The molecule has 0 aromatic carbocycles. The number of rotatable bonds is 9. The molecule has 1 aromatic heterocycles. The third-order valence-corrected chi connectivity index (χ3v) is 4.35. The van der Waals surface area contributed by atoms with Gasteiger partial charge in [-0.25, -0.2) is 9.97 Å². The van der Waals surface area contributed by atoms with Crippen LogP contribution < -0.4 is 5.32 Å². The van der Waals surface area contributed by atoms with Gasteiger partial charge in [0.1, 0.15) is 17.5 Å². The van der Waals surface area contributed by atoms with Gasteiger partial charge in [0.05, 0.1) is 0 Å². The second-order valence-electron chi connectivity index (χ2n) is 5.14. The SMILES string of the molecule is CCCNc1cc(SC(C)C(C)C)nc(COCC)n1. The van der Waals surface area contributed by atoms with Crippen molar-refractivity contribution in [3.8, 4) is 0 Å². The fourth-order valence-electron chi connectivity index (χ4n) is 1.46. The minimum Gasteiger partial charge on any atom is -0.374 e. The van der Waals surface area contributed by atoms with Crippen molar-refractivity contribution in [2.75, 3.05) is 18.5 Å². The molecule has 0 aliphatic heterocycles. The Morgan fingerprint density at radius 2 is 2.00 bits per heavy atom. The largest absolute Gasteiger partial charge is 0.374 e. The Morgan fingerprint density at radius 3 is 2.60 bits per heavy atom. The lowest BCUT2D eigenvalue weighted by atomic mass is 10.2. The minimum absolute atomic E-state index is 0.474. The van der Waals surface area contributed by atoms with Crippen LogP contribution in [-0.2, 0) is 11.3 Å². The van der Waals surface area contributed by atoms with Crippen LogP contribution in [0.5, 0.6) is 0 Å². The molecule has 20 heavy (non-hydrogen) atoms. The third kappa shape index (κ3) is 6.09. The summed E-state index contributed by atoms with van der Waals surface area (Å²) in [6.45, 7) is 12.9. The van der Waals surface area contributed by atoms with Crippen LogP contribution in [0.1, 0.15) is 46.9 Å². The molecule has 1 aromatic rings. The van der Waals surface area contributed by atoms with Crippen LogP contribution in [0.4, 0.5) is 5.82 Å². The van der Waals surface area contributed by atoms with Crippen molar-refractivity contribution in [1.29, 1.82) is 0 Å². The van der Waals surface area contributed by atoms with Gasteiger partial charge in [0, 0.05) is 24.5 Å². The topological polar surface area (TPSA) is 47.0 Å². The number of nitrogens with zero attached hydrogens (tertiary/aromatic N) is 2. The molecule has 4 nitrogen and oxygen atoms in total. The monoisotopic (exact) mass is 297 g/mol. The first kappa shape index (κ1) is 17.2. The van der Waals surface area contributed by atoms with Crippen LogP contribution in [0.2, 0.25) is 0 Å². The zero-order valence-corrected chi connectivity index (χ0v) is 14.1. The molecular formula is C15H27N3OS. The van der Waals surface area contributed by atoms with Gasteiger partial charge in [0.2, 0.25) is 0 Å². The second-order valence-corrected chi connectivity index (χ2v) is 6.54. The molecule has 1 N–H and O–H groups in total. The van der Waals surface area contributed by atoms with Crippen molar-refractivity contribution < 1.29 is 4.74 Å². The van der Waals surface area contributed by atoms with Crippen LogP contribution in [0.3, 0.4) is 0 Å². The van der Waals surface area contributed by atoms with Crippen LogP contribution in [-0.4, -0.2) is 28.4 Å². The average Bonchev–Trinajstić information content (AvgIpc) is 2.42. The van der Waals surface area contributed by atoms with Crippen LogP contribution in [0.15, 0.2) is 11.1 Å². The van der Waals surface area contributed by atoms with Crippen molar-refractivity contribution >= 4 is 17.6 Å². The highest BCUT2D eigenvalue weighted by Gasteiger charge is 2.12. The second kappa shape index (κ2) is 9.19. The van der Waals surface area contributed by atoms with E-state index >= 15 is 0 Å². The van der Waals surface area contributed by atoms with Gasteiger partial charge in [-0.3, -0.25) is 0 Å². The number of hydrogen-bond donors (Lipinski definition) is 1. The maximum Gasteiger partial charge on any atom is 0.157 e. The van der Waals surface area contributed by atoms with Gasteiger partial charge in [-0.05, 0) is 19.3 Å². The van der Waals surface area contributed by atoms with Gasteiger partial charge in [-0.15, -0.1) is 11.8 Å². The lowest BCUT2D eigenvalue weighted by molar-refractivity contribution is 0.128. The lowest BCUT2D eigenvalue weighted by Crippen LogP contribution is -2.09. The summed E-state index contributed by atoms with van der Waals surface area (Å²) in [6.07, 6.45) is 1.08. The normalized spacial score (nSPS) is 12.7. The first-order valence-corrected chi connectivity index (χ1v) is 8.31. The van der Waals surface area contributed by atoms with E-state index in [0.29, 0.717) is 24.4 Å². The highest BCUT2D eigenvalue weighted by molar-refractivity contribution is 7.99. The standard InChI is InChI=1S/C15H27N3OS/c1-6-8-16-13-9-15(20-12(5)11(3)4)18-14(17-13)10-19-7-2/h9,11-12H,6-8,10H2,1-5H3,(H,16,17,18). The van der Waals surface area contributed by atoms with Crippen LogP contribution in [0.25, 0.3) is 0 Å². The molecule has 0 bridgehead atoms. The fourth-order valence-corrected chi connectivity index (χ4v) is 2.45. The highest BCUT2D eigenvalue weighted by Crippen LogP contribution is 2.27. The summed E-state index contributed by atoms with van der Waals surface area (Å²) in [5.74, 6) is 2.28. The number of hydrogen-bond acceptors (Lipinski definition) is 5. The molecule has 0 amide bonds. The molecule has 0 saturated carbocycles. The first-order valence-electron chi connectivity index (χ1n) is 7.43. The molecule has 0 aliphatic rings. The van der Waals surface area contributed by atoms with E-state index in [9.17, 15) is 0 Å². The zero-order valence-electron chi connectivity index (χ0n) is 13.3. The van der Waals surface area contributed by atoms with Gasteiger partial charge in [0.15, 0.2) is 5.82 Å². The van der Waals surface area contributed by atoms with Crippen molar-refractivity contribution in [1.82, 2.24) is 9.97 Å². The highest BCUT2D eigenvalue weighted by atomic mass is 32.2. The molecule has 1 unspecified atom stereocenters. The lowest BCUT2D eigenvalue weighted by Gasteiger charge is -2.15. The van der Waals surface area contributed by atoms with E-state index in [1.54, 1.807) is 11.8 Å². The van der Waals surface area contributed by atoms with Gasteiger partial charge < -0.3 is 10.1 Å². The molecule has 1 rings (SSSR count). The Bertz CT molecular complexity index is 372. The summed E-state index contributed by atoms with van der Waals surface area (Å²) in [5.41, 5.74) is 0. The predicted octanol–water partition coefficient (Wildman–Crippen LogP) is 3.97. The third-order valence-electron chi connectivity index (χ3n) is 2.99. The minimum atomic E-state index is 0.474. The molecule has 0 radical (unpaired) electrons. The molecule has 1 heterocycles. The molecule has 0 spiro atoms. The first-order chi connectivity index (χ1) is 9.56. The van der Waals surface area contributed by atoms with Crippen molar-refractivity contribution in [3.05, 3.63) is 11.9 Å². The number of nitrogens with one attached hydrogen (secondary N) is 1. The molecule has 114 valence electrons. The van der Waals surface area contributed by atoms with E-state index in [1.807, 2.05) is 13.0 Å². The number of ether oxygens (including phenoxy) is 1. The maximum absolute atomic E-state index is 5.42. The van der Waals surface area contributed by atoms with E-state index in [1.165, 1.54) is 0 Å². The van der Waals surface area contributed by atoms with Gasteiger partial charge in [-0.1, -0.05) is 27.7 Å². The van der Waals surface area contributed by atoms with E-state index in [-0.39, 0.29) is 0 Å². The smallest absolute Gasteiger partial charge is 0.157 e. The molecule has 1 atom stereocenters. The summed E-state index contributed by atoms with van der Waals surface area (Å²) in [7, 11) is 0. The van der Waals surface area contributed by atoms with E-state index in [2.05, 4.69) is 43.0 Å². The zero-order chi connectivity index (χ0) is 15.0. The van der Waals surface area contributed by atoms with Crippen molar-refractivity contribution in [3.63, 3.8) is 0 Å². The molecule has 0 saturated heterocycles. The van der Waals surface area contributed by atoms with Crippen molar-refractivity contribution in [2.45, 2.75) is 57.9 Å². The quantitative estimate of drug-likeness (QED) is 0.552. The number of aromatic nitrogens is 2. The molecule has 0 aliphatic carbocycles. The van der Waals surface area contributed by atoms with Crippen molar-refractivity contribution in [2.24, 2.45) is 5.92 Å². The Labute approximate surface area is 127 Å². The molecular weight excluding hydrogens is 270 g/mol. The summed E-state index contributed by atoms with van der Waals surface area (Å²) in [5, 5.41) is 4.89. The summed E-state index contributed by atoms with van der Waals surface area (Å²) < 4.78 is 5.42. The van der Waals surface area contributed by atoms with Crippen LogP contribution >= 0.6 is 11.8 Å². The summed E-state index contributed by atoms with van der Waals surface area (Å²) >= 11 is 1.80. The van der Waals surface area contributed by atoms with Gasteiger partial charge in [0.25, 0.3) is 0 Å². The number of thioether (sulfide) groups is 1. The summed E-state index contributed by atoms with van der Waals surface area (Å²) in [6, 6.07) is 2.04. The average molecular weight is 297 g/mol. The fraction of sp³-hybridized carbons (Fsp3) is 0.733.